The van der Waals surface area contributed by atoms with Gasteiger partial charge < -0.3 is 15.0 Å². The summed E-state index contributed by atoms with van der Waals surface area (Å²) in [6, 6.07) is 3.76. The van der Waals surface area contributed by atoms with Gasteiger partial charge in [0, 0.05) is 28.9 Å². The van der Waals surface area contributed by atoms with Crippen molar-refractivity contribution in [1.29, 1.82) is 0 Å². The lowest BCUT2D eigenvalue weighted by atomic mass is 10.0. The summed E-state index contributed by atoms with van der Waals surface area (Å²) < 4.78 is 43.3. The second-order valence-electron chi connectivity index (χ2n) is 7.26. The lowest BCUT2D eigenvalue weighted by molar-refractivity contribution is -0.162. The first-order valence-corrected chi connectivity index (χ1v) is 10.3. The van der Waals surface area contributed by atoms with Crippen LogP contribution in [0.4, 0.5) is 24.7 Å². The van der Waals surface area contributed by atoms with E-state index in [-0.39, 0.29) is 13.1 Å². The van der Waals surface area contributed by atoms with Crippen LogP contribution in [0.5, 0.6) is 5.75 Å². The van der Waals surface area contributed by atoms with E-state index in [1.54, 1.807) is 13.3 Å². The number of nitrogens with zero attached hydrogens (tertiary/aromatic N) is 4. The molecule has 2 aromatic heterocycles. The minimum Gasteiger partial charge on any atom is -0.494 e. The number of aromatic nitrogens is 2. The maximum atomic E-state index is 12.6. The van der Waals surface area contributed by atoms with Crippen LogP contribution < -0.4 is 20.6 Å². The van der Waals surface area contributed by atoms with Gasteiger partial charge in [-0.1, -0.05) is 0 Å². The summed E-state index contributed by atoms with van der Waals surface area (Å²) >= 11 is 1.37. The second kappa shape index (κ2) is 7.19. The summed E-state index contributed by atoms with van der Waals surface area (Å²) in [6.07, 6.45) is -2.32. The molecule has 0 radical (unpaired) electrons. The Bertz CT molecular complexity index is 1340. The van der Waals surface area contributed by atoms with Crippen LogP contribution >= 0.6 is 11.3 Å². The number of fused-ring (bicyclic) bond motifs is 4. The first-order chi connectivity index (χ1) is 14.8. The fourth-order valence-electron chi connectivity index (χ4n) is 3.79. The summed E-state index contributed by atoms with van der Waals surface area (Å²) in [5.41, 5.74) is 1.69. The van der Waals surface area contributed by atoms with Crippen molar-refractivity contribution in [2.75, 3.05) is 19.0 Å². The molecule has 160 valence electrons. The van der Waals surface area contributed by atoms with Crippen LogP contribution in [0.3, 0.4) is 0 Å². The SMILES string of the molecule is COc1cc2c(cc1Nc1ncnc3sc4c(c13)CCN(C(=O)CC(F)(F)F)C4)=CN=2. The van der Waals surface area contributed by atoms with Crippen molar-refractivity contribution in [2.45, 2.75) is 25.6 Å². The smallest absolute Gasteiger partial charge is 0.397 e. The van der Waals surface area contributed by atoms with E-state index in [4.69, 9.17) is 4.74 Å². The molecule has 1 aromatic carbocycles. The van der Waals surface area contributed by atoms with E-state index in [9.17, 15) is 18.0 Å². The monoisotopic (exact) mass is 447 g/mol. The van der Waals surface area contributed by atoms with Gasteiger partial charge in [0.1, 0.15) is 29.1 Å². The number of carbonyl (C=O) groups excluding carboxylic acids is 1. The number of methoxy groups -OCH3 is 1. The zero-order valence-electron chi connectivity index (χ0n) is 16.3. The quantitative estimate of drug-likeness (QED) is 0.665. The third kappa shape index (κ3) is 3.58. The standard InChI is InChI=1S/C20H16F3N5O2S/c1-30-14-5-12-10(7-24-12)4-13(14)27-18-17-11-2-3-28(16(29)6-20(21,22)23)8-15(11)31-19(17)26-9-25-18/h4-5,7,9H,2-3,6,8H2,1H3,(H,25,26,27). The van der Waals surface area contributed by atoms with E-state index in [2.05, 4.69) is 20.3 Å². The maximum Gasteiger partial charge on any atom is 0.397 e. The van der Waals surface area contributed by atoms with Gasteiger partial charge >= 0.3 is 6.18 Å². The Labute approximate surface area is 177 Å². The Morgan fingerprint density at radius 3 is 2.87 bits per heavy atom. The molecule has 1 amide bonds. The van der Waals surface area contributed by atoms with E-state index >= 15 is 0 Å². The number of hydrogen-bond donors (Lipinski definition) is 1. The van der Waals surface area contributed by atoms with E-state index < -0.39 is 18.5 Å². The van der Waals surface area contributed by atoms with Crippen LogP contribution in [0, 0.1) is 0 Å². The van der Waals surface area contributed by atoms with Gasteiger partial charge in [0.05, 0.1) is 30.1 Å². The molecule has 4 heterocycles. The Morgan fingerprint density at radius 1 is 1.32 bits per heavy atom. The highest BCUT2D eigenvalue weighted by Gasteiger charge is 2.35. The summed E-state index contributed by atoms with van der Waals surface area (Å²) in [6.45, 7) is 0.365. The molecule has 5 rings (SSSR count). The molecular weight excluding hydrogens is 431 g/mol. The number of nitrogens with one attached hydrogen (secondary N) is 1. The molecule has 1 N–H and O–H groups in total. The van der Waals surface area contributed by atoms with Crippen molar-refractivity contribution >= 4 is 45.2 Å². The number of carbonyl (C=O) groups is 1. The Hall–Kier alpha value is -3.21. The highest BCUT2D eigenvalue weighted by molar-refractivity contribution is 7.19. The summed E-state index contributed by atoms with van der Waals surface area (Å²) in [4.78, 5) is 27.7. The predicted molar refractivity (Wildman–Crippen MR) is 109 cm³/mol. The first-order valence-electron chi connectivity index (χ1n) is 9.45. The fourth-order valence-corrected chi connectivity index (χ4v) is 4.99. The molecule has 11 heteroatoms. The Morgan fingerprint density at radius 2 is 2.16 bits per heavy atom. The van der Waals surface area contributed by atoms with Crippen LogP contribution in [-0.4, -0.2) is 40.6 Å². The lowest BCUT2D eigenvalue weighted by Gasteiger charge is -2.27. The molecule has 31 heavy (non-hydrogen) atoms. The number of halogens is 3. The minimum atomic E-state index is -4.51. The molecule has 7 nitrogen and oxygen atoms in total. The lowest BCUT2D eigenvalue weighted by Crippen LogP contribution is -2.37. The Balaban J connectivity index is 1.48. The molecule has 0 spiro atoms. The number of thiophene rings is 1. The van der Waals surface area contributed by atoms with Crippen molar-refractivity contribution in [3.63, 3.8) is 0 Å². The van der Waals surface area contributed by atoms with Crippen LogP contribution in [0.1, 0.15) is 16.9 Å². The van der Waals surface area contributed by atoms with Gasteiger partial charge in [0.2, 0.25) is 5.91 Å². The molecule has 0 fully saturated rings. The molecule has 0 bridgehead atoms. The number of ether oxygens (including phenoxy) is 1. The van der Waals surface area contributed by atoms with Gasteiger partial charge in [-0.2, -0.15) is 13.2 Å². The molecular formula is C20H16F3N5O2S. The number of hydrogen-bond acceptors (Lipinski definition) is 7. The molecule has 0 saturated carbocycles. The van der Waals surface area contributed by atoms with Gasteiger partial charge in [-0.05, 0) is 18.1 Å². The average molecular weight is 447 g/mol. The number of amides is 1. The van der Waals surface area contributed by atoms with Gasteiger partial charge in [-0.25, -0.2) is 9.97 Å². The number of alkyl halides is 3. The largest absolute Gasteiger partial charge is 0.494 e. The van der Waals surface area contributed by atoms with Gasteiger partial charge in [0.25, 0.3) is 0 Å². The van der Waals surface area contributed by atoms with Crippen LogP contribution in [-0.2, 0) is 17.8 Å². The van der Waals surface area contributed by atoms with Gasteiger partial charge in [-0.3, -0.25) is 9.79 Å². The molecule has 2 aliphatic heterocycles. The van der Waals surface area contributed by atoms with E-state index in [0.29, 0.717) is 18.0 Å². The van der Waals surface area contributed by atoms with Gasteiger partial charge in [-0.15, -0.1) is 11.3 Å². The van der Waals surface area contributed by atoms with Crippen molar-refractivity contribution in [2.24, 2.45) is 4.99 Å². The number of benzene rings is 1. The maximum absolute atomic E-state index is 12.6. The Kier molecular flexibility index (Phi) is 4.58. The molecule has 0 atom stereocenters. The predicted octanol–water partition coefficient (Wildman–Crippen LogP) is 2.65. The normalized spacial score (nSPS) is 14.8. The van der Waals surface area contributed by atoms with Crippen molar-refractivity contribution in [1.82, 2.24) is 14.9 Å². The van der Waals surface area contributed by atoms with Crippen molar-refractivity contribution < 1.29 is 22.7 Å². The third-order valence-electron chi connectivity index (χ3n) is 5.29. The molecule has 3 aromatic rings. The van der Waals surface area contributed by atoms with Crippen LogP contribution in [0.15, 0.2) is 23.5 Å². The molecule has 0 unspecified atom stereocenters. The number of anilines is 2. The molecule has 0 saturated heterocycles. The third-order valence-corrected chi connectivity index (χ3v) is 6.41. The zero-order valence-corrected chi connectivity index (χ0v) is 17.1. The van der Waals surface area contributed by atoms with Crippen LogP contribution in [0.25, 0.3) is 16.4 Å². The average Bonchev–Trinajstić information content (AvgIpc) is 3.07. The van der Waals surface area contributed by atoms with Crippen molar-refractivity contribution in [3.8, 4) is 5.75 Å². The van der Waals surface area contributed by atoms with E-state index in [1.165, 1.54) is 22.6 Å². The van der Waals surface area contributed by atoms with E-state index in [0.717, 1.165) is 36.9 Å². The highest BCUT2D eigenvalue weighted by Crippen LogP contribution is 2.39. The summed E-state index contributed by atoms with van der Waals surface area (Å²) in [7, 11) is 1.57. The highest BCUT2D eigenvalue weighted by atomic mass is 32.1. The fraction of sp³-hybridized carbons (Fsp3) is 0.300. The summed E-state index contributed by atoms with van der Waals surface area (Å²) in [5, 5.41) is 5.97. The minimum absolute atomic E-state index is 0.142. The second-order valence-corrected chi connectivity index (χ2v) is 8.34. The van der Waals surface area contributed by atoms with Crippen molar-refractivity contribution in [3.05, 3.63) is 39.5 Å². The molecule has 2 aliphatic rings. The molecule has 0 aliphatic carbocycles. The van der Waals surface area contributed by atoms with E-state index in [1.807, 2.05) is 12.1 Å². The topological polar surface area (TPSA) is 79.7 Å². The first kappa shape index (κ1) is 19.7. The van der Waals surface area contributed by atoms with Gasteiger partial charge in [0.15, 0.2) is 0 Å². The van der Waals surface area contributed by atoms with Crippen LogP contribution in [0.2, 0.25) is 0 Å². The summed E-state index contributed by atoms with van der Waals surface area (Å²) in [5.74, 6) is 0.302. The zero-order chi connectivity index (χ0) is 21.8. The number of rotatable bonds is 4.